The number of carboxylic acids is 1. The molecule has 0 saturated heterocycles. The minimum atomic E-state index is -1.34. The summed E-state index contributed by atoms with van der Waals surface area (Å²) in [5.41, 5.74) is -0.818. The van der Waals surface area contributed by atoms with Crippen LogP contribution in [-0.4, -0.2) is 49.1 Å². The van der Waals surface area contributed by atoms with E-state index in [1.165, 1.54) is 13.8 Å². The number of rotatable bonds is 7. The first-order chi connectivity index (χ1) is 11.7. The number of hydrogen-bond acceptors (Lipinski definition) is 7. The summed E-state index contributed by atoms with van der Waals surface area (Å²) in [6, 6.07) is 0. The van der Waals surface area contributed by atoms with Gasteiger partial charge in [0.1, 0.15) is 16.9 Å². The van der Waals surface area contributed by atoms with Crippen LogP contribution in [0.25, 0.3) is 0 Å². The number of ketones is 1. The predicted octanol–water partition coefficient (Wildman–Crippen LogP) is 2.23. The molecule has 8 nitrogen and oxygen atoms in total. The molecule has 0 atom stereocenters. The van der Waals surface area contributed by atoms with Crippen molar-refractivity contribution in [3.05, 3.63) is 25.8 Å². The zero-order valence-corrected chi connectivity index (χ0v) is 16.3. The van der Waals surface area contributed by atoms with Crippen molar-refractivity contribution >= 4 is 46.3 Å². The molecule has 0 fully saturated rings. The number of carbonyl (C=O) groups is 4. The van der Waals surface area contributed by atoms with Crippen molar-refractivity contribution in [3.8, 4) is 5.75 Å². The van der Waals surface area contributed by atoms with E-state index in [4.69, 9.17) is 9.47 Å². The van der Waals surface area contributed by atoms with Crippen LogP contribution in [0.3, 0.4) is 0 Å². The van der Waals surface area contributed by atoms with Crippen LogP contribution in [-0.2, 0) is 14.3 Å². The molecule has 1 aromatic rings. The Morgan fingerprint density at radius 2 is 1.64 bits per heavy atom. The smallest absolute Gasteiger partial charge is 0.379 e. The first-order valence-electron chi connectivity index (χ1n) is 7.24. The van der Waals surface area contributed by atoms with Crippen molar-refractivity contribution in [2.45, 2.75) is 20.8 Å². The van der Waals surface area contributed by atoms with Gasteiger partial charge in [0.05, 0.1) is 25.9 Å². The number of Topliss-reactive ketones (excluding diaryl/α,β-unsaturated/α-hetero) is 1. The molecule has 0 spiro atoms. The monoisotopic (exact) mass is 464 g/mol. The van der Waals surface area contributed by atoms with Gasteiger partial charge < -0.3 is 19.3 Å². The Morgan fingerprint density at radius 3 is 2.08 bits per heavy atom. The van der Waals surface area contributed by atoms with Gasteiger partial charge in [-0.05, 0) is 48.9 Å². The standard InChI is InChI=1S/C16H17IO8/c1-5-24-13-9(15(21)23-4)8(12(18)16(22)25-6-2)7(3)11(17)10(13)14(19)20/h5-6H2,1-4H3,(H,19,20). The number of carboxylic acid groups (broad SMARTS) is 1. The lowest BCUT2D eigenvalue weighted by atomic mass is 9.93. The number of hydrogen-bond donors (Lipinski definition) is 1. The van der Waals surface area contributed by atoms with E-state index in [-0.39, 0.29) is 39.2 Å². The van der Waals surface area contributed by atoms with Crippen LogP contribution in [0.5, 0.6) is 5.75 Å². The third-order valence-electron chi connectivity index (χ3n) is 3.21. The molecule has 0 unspecified atom stereocenters. The molecule has 0 bridgehead atoms. The number of carbonyl (C=O) groups excluding carboxylic acids is 3. The summed E-state index contributed by atoms with van der Waals surface area (Å²) < 4.78 is 14.9. The zero-order valence-electron chi connectivity index (χ0n) is 14.1. The predicted molar refractivity (Wildman–Crippen MR) is 94.3 cm³/mol. The van der Waals surface area contributed by atoms with E-state index in [0.29, 0.717) is 0 Å². The number of ether oxygens (including phenoxy) is 3. The Bertz CT molecular complexity index is 738. The SMILES string of the molecule is CCOC(=O)C(=O)c1c(C)c(I)c(C(=O)O)c(OCC)c1C(=O)OC. The second kappa shape index (κ2) is 8.79. The van der Waals surface area contributed by atoms with E-state index in [2.05, 4.69) is 4.74 Å². The van der Waals surface area contributed by atoms with Crippen molar-refractivity contribution in [1.29, 1.82) is 0 Å². The molecule has 0 amide bonds. The highest BCUT2D eigenvalue weighted by atomic mass is 127. The van der Waals surface area contributed by atoms with Gasteiger partial charge in [0.2, 0.25) is 0 Å². The highest BCUT2D eigenvalue weighted by Crippen LogP contribution is 2.36. The van der Waals surface area contributed by atoms with Gasteiger partial charge in [-0.1, -0.05) is 0 Å². The molecule has 9 heteroatoms. The quantitative estimate of drug-likeness (QED) is 0.283. The minimum Gasteiger partial charge on any atom is -0.492 e. The van der Waals surface area contributed by atoms with Gasteiger partial charge in [-0.3, -0.25) is 4.79 Å². The lowest BCUT2D eigenvalue weighted by Gasteiger charge is -2.19. The molecule has 25 heavy (non-hydrogen) atoms. The summed E-state index contributed by atoms with van der Waals surface area (Å²) in [6.07, 6.45) is 0. The number of methoxy groups -OCH3 is 1. The average molecular weight is 464 g/mol. The number of halogens is 1. The molecular formula is C16H17IO8. The molecule has 136 valence electrons. The first kappa shape index (κ1) is 20.9. The van der Waals surface area contributed by atoms with Crippen molar-refractivity contribution in [1.82, 2.24) is 0 Å². The maximum atomic E-state index is 12.5. The van der Waals surface area contributed by atoms with Crippen LogP contribution in [0.4, 0.5) is 0 Å². The summed E-state index contributed by atoms with van der Waals surface area (Å²) in [5, 5.41) is 9.49. The fraction of sp³-hybridized carbons (Fsp3) is 0.375. The number of benzene rings is 1. The first-order valence-corrected chi connectivity index (χ1v) is 8.32. The fourth-order valence-corrected chi connectivity index (χ4v) is 2.93. The summed E-state index contributed by atoms with van der Waals surface area (Å²) in [4.78, 5) is 48.3. The van der Waals surface area contributed by atoms with Gasteiger partial charge in [0.25, 0.3) is 5.78 Å². The fourth-order valence-electron chi connectivity index (χ4n) is 2.18. The molecule has 0 aliphatic rings. The molecule has 1 rings (SSSR count). The normalized spacial score (nSPS) is 10.1. The molecule has 0 saturated carbocycles. The van der Waals surface area contributed by atoms with Gasteiger partial charge in [0, 0.05) is 3.57 Å². The Kier molecular flexibility index (Phi) is 7.34. The number of aromatic carboxylic acids is 1. The molecular weight excluding hydrogens is 447 g/mol. The molecule has 0 aliphatic heterocycles. The van der Waals surface area contributed by atoms with Gasteiger partial charge in [0.15, 0.2) is 0 Å². The molecule has 0 aliphatic carbocycles. The Morgan fingerprint density at radius 1 is 1.04 bits per heavy atom. The van der Waals surface area contributed by atoms with E-state index in [9.17, 15) is 24.3 Å². The lowest BCUT2D eigenvalue weighted by Crippen LogP contribution is -2.25. The van der Waals surface area contributed by atoms with Gasteiger partial charge >= 0.3 is 17.9 Å². The van der Waals surface area contributed by atoms with Crippen molar-refractivity contribution < 1.29 is 38.5 Å². The molecule has 1 N–H and O–H groups in total. The van der Waals surface area contributed by atoms with E-state index < -0.39 is 29.3 Å². The van der Waals surface area contributed by atoms with Crippen LogP contribution in [0, 0.1) is 10.5 Å². The highest BCUT2D eigenvalue weighted by Gasteiger charge is 2.35. The van der Waals surface area contributed by atoms with E-state index in [1.807, 2.05) is 0 Å². The Balaban J connectivity index is 3.93. The van der Waals surface area contributed by atoms with Crippen LogP contribution < -0.4 is 4.74 Å². The van der Waals surface area contributed by atoms with E-state index >= 15 is 0 Å². The second-order valence-corrected chi connectivity index (χ2v) is 5.75. The zero-order chi connectivity index (χ0) is 19.3. The Labute approximate surface area is 157 Å². The second-order valence-electron chi connectivity index (χ2n) is 4.67. The van der Waals surface area contributed by atoms with Crippen LogP contribution in [0.1, 0.15) is 50.5 Å². The summed E-state index contributed by atoms with van der Waals surface area (Å²) in [5.74, 6) is -4.87. The van der Waals surface area contributed by atoms with Crippen molar-refractivity contribution in [2.24, 2.45) is 0 Å². The van der Waals surface area contributed by atoms with Crippen LogP contribution >= 0.6 is 22.6 Å². The maximum Gasteiger partial charge on any atom is 0.379 e. The summed E-state index contributed by atoms with van der Waals surface area (Å²) >= 11 is 1.72. The number of esters is 2. The summed E-state index contributed by atoms with van der Waals surface area (Å²) in [6.45, 7) is 4.56. The van der Waals surface area contributed by atoms with Gasteiger partial charge in [-0.15, -0.1) is 0 Å². The molecule has 0 heterocycles. The maximum absolute atomic E-state index is 12.5. The Hall–Kier alpha value is -2.17. The van der Waals surface area contributed by atoms with Gasteiger partial charge in [-0.2, -0.15) is 0 Å². The summed E-state index contributed by atoms with van der Waals surface area (Å²) in [7, 11) is 1.07. The molecule has 1 aromatic carbocycles. The van der Waals surface area contributed by atoms with E-state index in [1.54, 1.807) is 29.5 Å². The van der Waals surface area contributed by atoms with Crippen molar-refractivity contribution in [3.63, 3.8) is 0 Å². The highest BCUT2D eigenvalue weighted by molar-refractivity contribution is 14.1. The molecule has 0 radical (unpaired) electrons. The average Bonchev–Trinajstić information content (AvgIpc) is 2.56. The lowest BCUT2D eigenvalue weighted by molar-refractivity contribution is -0.137. The van der Waals surface area contributed by atoms with Crippen LogP contribution in [0.2, 0.25) is 0 Å². The largest absolute Gasteiger partial charge is 0.492 e. The minimum absolute atomic E-state index is 0.0280. The topological polar surface area (TPSA) is 116 Å². The molecule has 0 aromatic heterocycles. The third-order valence-corrected chi connectivity index (χ3v) is 4.56. The van der Waals surface area contributed by atoms with Gasteiger partial charge in [-0.25, -0.2) is 14.4 Å². The van der Waals surface area contributed by atoms with E-state index in [0.717, 1.165) is 7.11 Å². The third kappa shape index (κ3) is 4.09. The van der Waals surface area contributed by atoms with Crippen molar-refractivity contribution in [2.75, 3.05) is 20.3 Å². The van der Waals surface area contributed by atoms with Crippen LogP contribution in [0.15, 0.2) is 0 Å².